The number of aliphatic imine (C=N–C) groups is 1. The number of carbonyl (C=O) groups excluding carboxylic acids is 3. The summed E-state index contributed by atoms with van der Waals surface area (Å²) in [6.07, 6.45) is 2.19. The number of urea groups is 1. The lowest BCUT2D eigenvalue weighted by Gasteiger charge is -2.29. The Morgan fingerprint density at radius 3 is 2.69 bits per heavy atom. The van der Waals surface area contributed by atoms with Gasteiger partial charge in [0.1, 0.15) is 17.8 Å². The normalized spacial score (nSPS) is 18.9. The third-order valence-electron chi connectivity index (χ3n) is 4.69. The van der Waals surface area contributed by atoms with Crippen LogP contribution in [0.15, 0.2) is 40.6 Å². The van der Waals surface area contributed by atoms with Crippen LogP contribution in [0.1, 0.15) is 20.3 Å². The minimum absolute atomic E-state index is 0.0274. The molecule has 4 amide bonds. The molecule has 1 N–H and O–H groups in total. The number of halogens is 1. The van der Waals surface area contributed by atoms with E-state index in [2.05, 4.69) is 10.3 Å². The van der Waals surface area contributed by atoms with Gasteiger partial charge < -0.3 is 10.1 Å². The molecule has 0 aliphatic carbocycles. The van der Waals surface area contributed by atoms with Crippen molar-refractivity contribution >= 4 is 35.6 Å². The number of dihydropyridines is 1. The van der Waals surface area contributed by atoms with Crippen molar-refractivity contribution in [3.8, 4) is 0 Å². The van der Waals surface area contributed by atoms with E-state index in [1.165, 1.54) is 29.8 Å². The topological polar surface area (TPSA) is 91.1 Å². The number of amides is 4. The average molecular weight is 401 g/mol. The maximum Gasteiger partial charge on any atom is 0.446 e. The van der Waals surface area contributed by atoms with Gasteiger partial charge in [0.15, 0.2) is 12.5 Å². The van der Waals surface area contributed by atoms with Crippen LogP contribution in [0, 0.1) is 11.7 Å². The number of hydrogen-bond acceptors (Lipinski definition) is 5. The Balaban J connectivity index is 1.89. The van der Waals surface area contributed by atoms with Gasteiger partial charge in [0.05, 0.1) is 19.3 Å². The number of rotatable bonds is 6. The molecule has 0 saturated heterocycles. The van der Waals surface area contributed by atoms with Crippen molar-refractivity contribution in [2.75, 3.05) is 25.5 Å². The second-order valence-electron chi connectivity index (χ2n) is 6.52. The highest BCUT2D eigenvalue weighted by atomic mass is 19.1. The number of hydrogen-bond donors (Lipinski definition) is 1. The van der Waals surface area contributed by atoms with Crippen molar-refractivity contribution in [2.24, 2.45) is 10.9 Å². The summed E-state index contributed by atoms with van der Waals surface area (Å²) in [5.41, 5.74) is 0.730. The zero-order valence-corrected chi connectivity index (χ0v) is 16.4. The lowest BCUT2D eigenvalue weighted by Crippen LogP contribution is -2.56. The average Bonchev–Trinajstić information content (AvgIpc) is 2.71. The minimum atomic E-state index is -0.904. The molecule has 2 aliphatic heterocycles. The van der Waals surface area contributed by atoms with Crippen molar-refractivity contribution in [3.05, 3.63) is 41.4 Å². The Morgan fingerprint density at radius 2 is 2.03 bits per heavy atom. The summed E-state index contributed by atoms with van der Waals surface area (Å²) in [4.78, 5) is 43.3. The summed E-state index contributed by atoms with van der Waals surface area (Å²) in [6.45, 7) is 3.50. The molecule has 2 aliphatic rings. The van der Waals surface area contributed by atoms with Gasteiger partial charge in [-0.25, -0.2) is 9.18 Å². The predicted molar refractivity (Wildman–Crippen MR) is 104 cm³/mol. The molecule has 0 spiro atoms. The SMILES string of the molecule is CCOC1=C(CC)C=NC2=[N+](C)C(=O)N(CC(=O)Nc3ccccc3F)C(=O)C12. The first-order chi connectivity index (χ1) is 13.9. The zero-order valence-electron chi connectivity index (χ0n) is 16.4. The Hall–Kier alpha value is -3.36. The molecule has 1 aromatic carbocycles. The Morgan fingerprint density at radius 1 is 1.31 bits per heavy atom. The number of imide groups is 1. The smallest absolute Gasteiger partial charge is 0.446 e. The van der Waals surface area contributed by atoms with Crippen molar-refractivity contribution in [1.29, 1.82) is 0 Å². The van der Waals surface area contributed by atoms with Crippen LogP contribution in [0.3, 0.4) is 0 Å². The standard InChI is InChI=1S/C20H21FN4O4/c1-4-12-10-22-18-16(17(12)29-5-2)19(27)25(20(28)24(18)3)11-15(26)23-14-9-7-6-8-13(14)21/h6-10,16H,4-5,11H2,1-3H3/p+1. The second kappa shape index (κ2) is 8.34. The van der Waals surface area contributed by atoms with Crippen LogP contribution in [0.5, 0.6) is 0 Å². The van der Waals surface area contributed by atoms with Gasteiger partial charge in [-0.3, -0.25) is 9.59 Å². The molecule has 8 nitrogen and oxygen atoms in total. The van der Waals surface area contributed by atoms with Crippen molar-refractivity contribution in [2.45, 2.75) is 20.3 Å². The molecular weight excluding hydrogens is 379 g/mol. The minimum Gasteiger partial charge on any atom is -0.496 e. The van der Waals surface area contributed by atoms with E-state index in [0.717, 1.165) is 10.5 Å². The van der Waals surface area contributed by atoms with Gasteiger partial charge in [-0.2, -0.15) is 9.48 Å². The van der Waals surface area contributed by atoms with Crippen LogP contribution in [-0.2, 0) is 14.3 Å². The molecule has 0 fully saturated rings. The highest BCUT2D eigenvalue weighted by Crippen LogP contribution is 2.29. The molecular formula is C20H22FN4O4+. The fraction of sp³-hybridized carbons (Fsp3) is 0.350. The maximum absolute atomic E-state index is 13.8. The number of benzene rings is 1. The molecule has 1 unspecified atom stereocenters. The summed E-state index contributed by atoms with van der Waals surface area (Å²) >= 11 is 0. The number of fused-ring (bicyclic) bond motifs is 1. The monoisotopic (exact) mass is 401 g/mol. The number of allylic oxidation sites excluding steroid dienone is 1. The van der Waals surface area contributed by atoms with Gasteiger partial charge >= 0.3 is 11.9 Å². The Labute approximate surface area is 167 Å². The van der Waals surface area contributed by atoms with Gasteiger partial charge in [-0.05, 0) is 25.5 Å². The molecule has 2 heterocycles. The van der Waals surface area contributed by atoms with E-state index in [4.69, 9.17) is 4.74 Å². The third-order valence-corrected chi connectivity index (χ3v) is 4.69. The fourth-order valence-electron chi connectivity index (χ4n) is 3.26. The molecule has 0 saturated carbocycles. The zero-order chi connectivity index (χ0) is 21.1. The number of ether oxygens (including phenoxy) is 1. The molecule has 0 bridgehead atoms. The number of carbonyl (C=O) groups is 3. The first-order valence-electron chi connectivity index (χ1n) is 9.29. The summed E-state index contributed by atoms with van der Waals surface area (Å²) in [6, 6.07) is 4.97. The van der Waals surface area contributed by atoms with E-state index in [-0.39, 0.29) is 11.5 Å². The summed E-state index contributed by atoms with van der Waals surface area (Å²) in [5, 5.41) is 2.38. The van der Waals surface area contributed by atoms with Gasteiger partial charge in [0.2, 0.25) is 0 Å². The highest BCUT2D eigenvalue weighted by molar-refractivity contribution is 6.17. The lowest BCUT2D eigenvalue weighted by atomic mass is 9.94. The quantitative estimate of drug-likeness (QED) is 0.740. The van der Waals surface area contributed by atoms with Crippen LogP contribution in [0.2, 0.25) is 0 Å². The van der Waals surface area contributed by atoms with Crippen molar-refractivity contribution in [3.63, 3.8) is 0 Å². The van der Waals surface area contributed by atoms with Crippen LogP contribution in [-0.4, -0.2) is 59.6 Å². The van der Waals surface area contributed by atoms with E-state index in [1.807, 2.05) is 6.92 Å². The fourth-order valence-corrected chi connectivity index (χ4v) is 3.26. The van der Waals surface area contributed by atoms with Crippen molar-refractivity contribution < 1.29 is 28.1 Å². The molecule has 0 aromatic heterocycles. The van der Waals surface area contributed by atoms with Crippen LogP contribution in [0.4, 0.5) is 14.9 Å². The van der Waals surface area contributed by atoms with E-state index in [0.29, 0.717) is 18.8 Å². The molecule has 29 heavy (non-hydrogen) atoms. The number of para-hydroxylation sites is 1. The van der Waals surface area contributed by atoms with Gasteiger partial charge in [0, 0.05) is 5.57 Å². The van der Waals surface area contributed by atoms with E-state index < -0.39 is 36.1 Å². The first-order valence-corrected chi connectivity index (χ1v) is 9.29. The predicted octanol–water partition coefficient (Wildman–Crippen LogP) is 2.17. The van der Waals surface area contributed by atoms with E-state index >= 15 is 0 Å². The first kappa shape index (κ1) is 20.4. The lowest BCUT2D eigenvalue weighted by molar-refractivity contribution is -0.408. The molecule has 9 heteroatoms. The van der Waals surface area contributed by atoms with Gasteiger partial charge in [0.25, 0.3) is 11.7 Å². The summed E-state index contributed by atoms with van der Waals surface area (Å²) in [7, 11) is 1.48. The summed E-state index contributed by atoms with van der Waals surface area (Å²) in [5.74, 6) is -2.11. The molecule has 1 aromatic rings. The van der Waals surface area contributed by atoms with Crippen LogP contribution < -0.4 is 5.32 Å². The Kier molecular flexibility index (Phi) is 5.86. The van der Waals surface area contributed by atoms with Crippen LogP contribution >= 0.6 is 0 Å². The van der Waals surface area contributed by atoms with E-state index in [1.54, 1.807) is 19.2 Å². The van der Waals surface area contributed by atoms with Crippen molar-refractivity contribution in [1.82, 2.24) is 4.90 Å². The Bertz CT molecular complexity index is 967. The largest absolute Gasteiger partial charge is 0.496 e. The summed E-state index contributed by atoms with van der Waals surface area (Å²) < 4.78 is 20.7. The van der Waals surface area contributed by atoms with Gasteiger partial charge in [-0.1, -0.05) is 19.1 Å². The molecule has 1 atom stereocenters. The van der Waals surface area contributed by atoms with Gasteiger partial charge in [-0.15, -0.1) is 4.99 Å². The molecule has 152 valence electrons. The molecule has 3 rings (SSSR count). The highest BCUT2D eigenvalue weighted by Gasteiger charge is 2.51. The maximum atomic E-state index is 13.8. The second-order valence-corrected chi connectivity index (χ2v) is 6.52. The molecule has 0 radical (unpaired) electrons. The number of nitrogens with zero attached hydrogens (tertiary/aromatic N) is 3. The van der Waals surface area contributed by atoms with Crippen LogP contribution in [0.25, 0.3) is 0 Å². The third kappa shape index (κ3) is 3.80. The number of anilines is 1. The number of amidine groups is 1. The number of nitrogens with one attached hydrogen (secondary N) is 1. The van der Waals surface area contributed by atoms with E-state index in [9.17, 15) is 18.8 Å².